The van der Waals surface area contributed by atoms with Gasteiger partial charge in [-0.25, -0.2) is 0 Å². The lowest BCUT2D eigenvalue weighted by molar-refractivity contribution is -0.123. The van der Waals surface area contributed by atoms with Gasteiger partial charge in [-0.05, 0) is 36.9 Å². The van der Waals surface area contributed by atoms with Crippen molar-refractivity contribution < 1.29 is 4.79 Å². The molecule has 1 aromatic carbocycles. The van der Waals surface area contributed by atoms with E-state index < -0.39 is 0 Å². The number of piperidine rings is 1. The van der Waals surface area contributed by atoms with Crippen molar-refractivity contribution in [1.82, 2.24) is 4.90 Å². The van der Waals surface area contributed by atoms with E-state index in [0.717, 1.165) is 38.9 Å². The first-order valence-electron chi connectivity index (χ1n) is 6.78. The molecule has 2 rings (SSSR count). The van der Waals surface area contributed by atoms with Crippen LogP contribution in [0, 0.1) is 5.92 Å². The predicted molar refractivity (Wildman–Crippen MR) is 73.0 cm³/mol. The number of nitrogens with two attached hydrogens (primary N) is 1. The van der Waals surface area contributed by atoms with Crippen molar-refractivity contribution in [1.29, 1.82) is 0 Å². The molecule has 0 spiro atoms. The van der Waals surface area contributed by atoms with Gasteiger partial charge in [-0.1, -0.05) is 31.2 Å². The number of carbonyl (C=O) groups is 1. The first-order valence-corrected chi connectivity index (χ1v) is 6.78. The van der Waals surface area contributed by atoms with Gasteiger partial charge in [0, 0.05) is 13.1 Å². The van der Waals surface area contributed by atoms with Gasteiger partial charge in [-0.15, -0.1) is 0 Å². The Morgan fingerprint density at radius 2 is 2.00 bits per heavy atom. The molecule has 1 unspecified atom stereocenters. The van der Waals surface area contributed by atoms with Crippen molar-refractivity contribution in [2.75, 3.05) is 13.1 Å². The number of carbonyl (C=O) groups excluding carboxylic acids is 1. The number of benzene rings is 1. The van der Waals surface area contributed by atoms with Gasteiger partial charge in [0.1, 0.15) is 0 Å². The van der Waals surface area contributed by atoms with Crippen LogP contribution in [0.3, 0.4) is 0 Å². The molecule has 3 heteroatoms. The Labute approximate surface area is 109 Å². The third-order valence-corrected chi connectivity index (χ3v) is 3.75. The average molecular weight is 246 g/mol. The lowest BCUT2D eigenvalue weighted by atomic mass is 9.97. The number of hydrogen-bond donors (Lipinski definition) is 1. The van der Waals surface area contributed by atoms with E-state index >= 15 is 0 Å². The van der Waals surface area contributed by atoms with E-state index in [1.807, 2.05) is 0 Å². The number of rotatable bonds is 4. The molecule has 0 radical (unpaired) electrons. The normalized spacial score (nSPS) is 20.8. The molecule has 1 saturated heterocycles. The molecule has 1 amide bonds. The Morgan fingerprint density at radius 3 is 2.61 bits per heavy atom. The molecule has 1 heterocycles. The second kappa shape index (κ2) is 6.01. The highest BCUT2D eigenvalue weighted by Gasteiger charge is 2.23. The lowest BCUT2D eigenvalue weighted by Crippen LogP contribution is -2.40. The van der Waals surface area contributed by atoms with Crippen LogP contribution < -0.4 is 5.73 Å². The molecule has 1 atom stereocenters. The van der Waals surface area contributed by atoms with Crippen molar-refractivity contribution in [2.24, 2.45) is 11.7 Å². The number of nitrogens with zero attached hydrogens (tertiary/aromatic N) is 1. The second-order valence-electron chi connectivity index (χ2n) is 5.15. The van der Waals surface area contributed by atoms with Gasteiger partial charge in [0.15, 0.2) is 0 Å². The summed E-state index contributed by atoms with van der Waals surface area (Å²) in [4.78, 5) is 13.6. The summed E-state index contributed by atoms with van der Waals surface area (Å²) in [7, 11) is 0. The third-order valence-electron chi connectivity index (χ3n) is 3.75. The summed E-state index contributed by atoms with van der Waals surface area (Å²) in [5.41, 5.74) is 8.08. The zero-order valence-electron chi connectivity index (χ0n) is 11.1. The van der Waals surface area contributed by atoms with Crippen LogP contribution in [-0.2, 0) is 17.8 Å². The molecule has 2 N–H and O–H groups in total. The van der Waals surface area contributed by atoms with E-state index in [1.54, 1.807) is 0 Å². The summed E-state index contributed by atoms with van der Waals surface area (Å²) < 4.78 is 0. The van der Waals surface area contributed by atoms with Crippen molar-refractivity contribution in [2.45, 2.75) is 32.7 Å². The van der Waals surface area contributed by atoms with Crippen molar-refractivity contribution >= 4 is 5.91 Å². The third kappa shape index (κ3) is 3.33. The van der Waals surface area contributed by atoms with Gasteiger partial charge in [0.05, 0.1) is 5.92 Å². The van der Waals surface area contributed by atoms with Crippen LogP contribution in [-0.4, -0.2) is 23.9 Å². The smallest absolute Gasteiger partial charge is 0.221 e. The highest BCUT2D eigenvalue weighted by molar-refractivity contribution is 5.76. The van der Waals surface area contributed by atoms with Crippen LogP contribution in [0.4, 0.5) is 0 Å². The van der Waals surface area contributed by atoms with Crippen LogP contribution in [0.1, 0.15) is 30.9 Å². The fourth-order valence-electron chi connectivity index (χ4n) is 2.57. The highest BCUT2D eigenvalue weighted by atomic mass is 16.1. The Hall–Kier alpha value is -1.35. The van der Waals surface area contributed by atoms with Crippen LogP contribution in [0.2, 0.25) is 0 Å². The largest absolute Gasteiger partial charge is 0.369 e. The van der Waals surface area contributed by atoms with Gasteiger partial charge in [0.2, 0.25) is 5.91 Å². The van der Waals surface area contributed by atoms with Crippen LogP contribution in [0.5, 0.6) is 0 Å². The Balaban J connectivity index is 1.93. The predicted octanol–water partition coefficient (Wildman–Crippen LogP) is 1.95. The molecular formula is C15H22N2O. The maximum atomic E-state index is 11.2. The molecule has 0 bridgehead atoms. The zero-order valence-corrected chi connectivity index (χ0v) is 11.1. The Bertz CT molecular complexity index is 399. The van der Waals surface area contributed by atoms with E-state index in [2.05, 4.69) is 36.1 Å². The maximum absolute atomic E-state index is 11.2. The first kappa shape index (κ1) is 13.1. The topological polar surface area (TPSA) is 46.3 Å². The maximum Gasteiger partial charge on any atom is 0.221 e. The molecular weight excluding hydrogens is 224 g/mol. The number of aryl methyl sites for hydroxylation is 1. The highest BCUT2D eigenvalue weighted by Crippen LogP contribution is 2.18. The van der Waals surface area contributed by atoms with E-state index in [0.29, 0.717) is 0 Å². The monoisotopic (exact) mass is 246 g/mol. The molecule has 1 aliphatic heterocycles. The quantitative estimate of drug-likeness (QED) is 0.882. The minimum absolute atomic E-state index is 0.0358. The average Bonchev–Trinajstić information content (AvgIpc) is 2.40. The van der Waals surface area contributed by atoms with E-state index in [4.69, 9.17) is 5.73 Å². The van der Waals surface area contributed by atoms with Crippen molar-refractivity contribution in [3.05, 3.63) is 35.4 Å². The van der Waals surface area contributed by atoms with Crippen molar-refractivity contribution in [3.8, 4) is 0 Å². The van der Waals surface area contributed by atoms with Gasteiger partial charge in [-0.2, -0.15) is 0 Å². The van der Waals surface area contributed by atoms with E-state index in [1.165, 1.54) is 11.1 Å². The second-order valence-corrected chi connectivity index (χ2v) is 5.15. The van der Waals surface area contributed by atoms with Crippen LogP contribution in [0.15, 0.2) is 24.3 Å². The summed E-state index contributed by atoms with van der Waals surface area (Å²) in [5, 5.41) is 0. The van der Waals surface area contributed by atoms with Gasteiger partial charge in [0.25, 0.3) is 0 Å². The molecule has 0 aromatic heterocycles. The van der Waals surface area contributed by atoms with Gasteiger partial charge < -0.3 is 5.73 Å². The standard InChI is InChI=1S/C15H22N2O/c1-2-12-5-7-13(8-6-12)10-17-9-3-4-14(11-17)15(16)18/h5-8,14H,2-4,9-11H2,1H3,(H2,16,18). The molecule has 0 saturated carbocycles. The summed E-state index contributed by atoms with van der Waals surface area (Å²) in [6.07, 6.45) is 3.09. The molecule has 1 aliphatic rings. The summed E-state index contributed by atoms with van der Waals surface area (Å²) >= 11 is 0. The zero-order chi connectivity index (χ0) is 13.0. The Kier molecular flexibility index (Phi) is 4.37. The minimum atomic E-state index is -0.152. The van der Waals surface area contributed by atoms with Crippen LogP contribution >= 0.6 is 0 Å². The van der Waals surface area contributed by atoms with Crippen molar-refractivity contribution in [3.63, 3.8) is 0 Å². The summed E-state index contributed by atoms with van der Waals surface area (Å²) in [6, 6.07) is 8.75. The summed E-state index contributed by atoms with van der Waals surface area (Å²) in [6.45, 7) is 4.97. The molecule has 1 aromatic rings. The fourth-order valence-corrected chi connectivity index (χ4v) is 2.57. The summed E-state index contributed by atoms with van der Waals surface area (Å²) in [5.74, 6) is -0.116. The van der Waals surface area contributed by atoms with E-state index in [9.17, 15) is 4.79 Å². The number of primary amides is 1. The minimum Gasteiger partial charge on any atom is -0.369 e. The molecule has 1 fully saturated rings. The van der Waals surface area contributed by atoms with Crippen LogP contribution in [0.25, 0.3) is 0 Å². The number of hydrogen-bond acceptors (Lipinski definition) is 2. The molecule has 98 valence electrons. The van der Waals surface area contributed by atoms with Gasteiger partial charge >= 0.3 is 0 Å². The molecule has 3 nitrogen and oxygen atoms in total. The SMILES string of the molecule is CCc1ccc(CN2CCCC(C(N)=O)C2)cc1. The number of amides is 1. The fraction of sp³-hybridized carbons (Fsp3) is 0.533. The molecule has 0 aliphatic carbocycles. The molecule has 18 heavy (non-hydrogen) atoms. The number of likely N-dealkylation sites (tertiary alicyclic amines) is 1. The lowest BCUT2D eigenvalue weighted by Gasteiger charge is -2.31. The Morgan fingerprint density at radius 1 is 1.33 bits per heavy atom. The van der Waals surface area contributed by atoms with E-state index in [-0.39, 0.29) is 11.8 Å². The first-order chi connectivity index (χ1) is 8.69. The van der Waals surface area contributed by atoms with Gasteiger partial charge in [-0.3, -0.25) is 9.69 Å².